The number of aliphatic hydroxyl groups is 1. The number of hydrogen-bond donors (Lipinski definition) is 1. The second-order valence-electron chi connectivity index (χ2n) is 4.92. The summed E-state index contributed by atoms with van der Waals surface area (Å²) in [4.78, 5) is 1.43. The summed E-state index contributed by atoms with van der Waals surface area (Å²) < 4.78 is 51.1. The first-order valence-electron chi connectivity index (χ1n) is 5.95. The number of alkyl halides is 3. The van der Waals surface area contributed by atoms with E-state index in [1.165, 1.54) is 17.0 Å². The molecule has 1 aromatic carbocycles. The Hall–Kier alpha value is -1.65. The van der Waals surface area contributed by atoms with Crippen molar-refractivity contribution in [3.8, 4) is 6.07 Å². The standard InChI is InChI=1S/C13H12F4N2O/c14-11-2-1-9(5-10(11)6-18)7-19-4-3-12(20,8-19)13(15,16)17/h1-2,5,20H,3-4,7-8H2/t12-/m1/s1. The fraction of sp³-hybridized carbons (Fsp3) is 0.462. The van der Waals surface area contributed by atoms with Crippen LogP contribution in [0, 0.1) is 17.1 Å². The zero-order chi connectivity index (χ0) is 15.0. The number of nitriles is 1. The first-order chi connectivity index (χ1) is 9.25. The molecule has 0 radical (unpaired) electrons. The third-order valence-corrected chi connectivity index (χ3v) is 3.41. The molecule has 20 heavy (non-hydrogen) atoms. The second kappa shape index (κ2) is 5.04. The fourth-order valence-corrected chi connectivity index (χ4v) is 2.25. The molecule has 1 N–H and O–H groups in total. The van der Waals surface area contributed by atoms with E-state index in [1.807, 2.05) is 0 Å². The molecule has 0 bridgehead atoms. The molecule has 1 fully saturated rings. The Morgan fingerprint density at radius 3 is 2.65 bits per heavy atom. The van der Waals surface area contributed by atoms with E-state index in [1.54, 1.807) is 6.07 Å². The zero-order valence-electron chi connectivity index (χ0n) is 10.4. The Balaban J connectivity index is 2.08. The van der Waals surface area contributed by atoms with Crippen molar-refractivity contribution in [2.75, 3.05) is 13.1 Å². The molecule has 1 heterocycles. The minimum Gasteiger partial charge on any atom is -0.379 e. The number of benzene rings is 1. The van der Waals surface area contributed by atoms with E-state index in [0.29, 0.717) is 5.56 Å². The molecule has 0 unspecified atom stereocenters. The smallest absolute Gasteiger partial charge is 0.379 e. The number of hydrogen-bond acceptors (Lipinski definition) is 3. The Labute approximate surface area is 113 Å². The molecule has 0 aliphatic carbocycles. The number of halogens is 4. The van der Waals surface area contributed by atoms with Gasteiger partial charge in [0.25, 0.3) is 0 Å². The minimum absolute atomic E-state index is 0.0925. The number of rotatable bonds is 2. The molecule has 1 atom stereocenters. The van der Waals surface area contributed by atoms with E-state index >= 15 is 0 Å². The fourth-order valence-electron chi connectivity index (χ4n) is 2.25. The highest BCUT2D eigenvalue weighted by molar-refractivity contribution is 5.34. The average molecular weight is 288 g/mol. The van der Waals surface area contributed by atoms with Gasteiger partial charge in [-0.05, 0) is 24.1 Å². The molecule has 0 saturated carbocycles. The number of β-amino-alcohol motifs (C(OH)–C–C–N with tert-alkyl or cyclic N) is 1. The summed E-state index contributed by atoms with van der Waals surface area (Å²) in [6, 6.07) is 5.51. The first kappa shape index (κ1) is 14.8. The van der Waals surface area contributed by atoms with Crippen LogP contribution in [-0.4, -0.2) is 34.9 Å². The van der Waals surface area contributed by atoms with Gasteiger partial charge in [-0.1, -0.05) is 6.07 Å². The van der Waals surface area contributed by atoms with Crippen LogP contribution < -0.4 is 0 Å². The van der Waals surface area contributed by atoms with Gasteiger partial charge in [-0.2, -0.15) is 18.4 Å². The maximum atomic E-state index is 13.1. The molecule has 1 aliphatic rings. The van der Waals surface area contributed by atoms with Crippen molar-refractivity contribution in [2.24, 2.45) is 0 Å². The van der Waals surface area contributed by atoms with E-state index in [2.05, 4.69) is 0 Å². The summed E-state index contributed by atoms with van der Waals surface area (Å²) in [7, 11) is 0. The monoisotopic (exact) mass is 288 g/mol. The molecule has 1 saturated heterocycles. The maximum absolute atomic E-state index is 13.1. The average Bonchev–Trinajstić information content (AvgIpc) is 2.74. The van der Waals surface area contributed by atoms with Crippen LogP contribution in [0.1, 0.15) is 17.5 Å². The minimum atomic E-state index is -4.66. The van der Waals surface area contributed by atoms with Gasteiger partial charge in [-0.25, -0.2) is 4.39 Å². The van der Waals surface area contributed by atoms with Gasteiger partial charge in [-0.3, -0.25) is 4.90 Å². The first-order valence-corrected chi connectivity index (χ1v) is 5.95. The molecular formula is C13H12F4N2O. The number of nitrogens with zero attached hydrogens (tertiary/aromatic N) is 2. The van der Waals surface area contributed by atoms with Gasteiger partial charge in [0.05, 0.1) is 5.56 Å². The molecule has 2 rings (SSSR count). The largest absolute Gasteiger partial charge is 0.418 e. The van der Waals surface area contributed by atoms with Gasteiger partial charge in [0.15, 0.2) is 5.60 Å². The summed E-state index contributed by atoms with van der Waals surface area (Å²) in [5.41, 5.74) is -2.30. The van der Waals surface area contributed by atoms with Gasteiger partial charge in [0, 0.05) is 19.6 Å². The Morgan fingerprint density at radius 1 is 1.40 bits per heavy atom. The van der Waals surface area contributed by atoms with Gasteiger partial charge in [0.2, 0.25) is 0 Å². The van der Waals surface area contributed by atoms with E-state index in [0.717, 1.165) is 6.07 Å². The molecule has 7 heteroatoms. The van der Waals surface area contributed by atoms with Crippen LogP contribution in [0.2, 0.25) is 0 Å². The van der Waals surface area contributed by atoms with Crippen LogP contribution in [0.15, 0.2) is 18.2 Å². The Kier molecular flexibility index (Phi) is 3.71. The second-order valence-corrected chi connectivity index (χ2v) is 4.92. The van der Waals surface area contributed by atoms with Crippen LogP contribution in [0.25, 0.3) is 0 Å². The lowest BCUT2D eigenvalue weighted by Crippen LogP contribution is -2.47. The normalized spacial score (nSPS) is 23.8. The van der Waals surface area contributed by atoms with E-state index < -0.39 is 24.1 Å². The van der Waals surface area contributed by atoms with Crippen molar-refractivity contribution in [3.05, 3.63) is 35.1 Å². The van der Waals surface area contributed by atoms with E-state index in [4.69, 9.17) is 5.26 Å². The van der Waals surface area contributed by atoms with Crippen molar-refractivity contribution in [2.45, 2.75) is 24.7 Å². The molecule has 1 aromatic rings. The topological polar surface area (TPSA) is 47.3 Å². The summed E-state index contributed by atoms with van der Waals surface area (Å²) in [6.07, 6.45) is -5.05. The quantitative estimate of drug-likeness (QED) is 0.849. The van der Waals surface area contributed by atoms with Crippen LogP contribution in [0.5, 0.6) is 0 Å². The predicted octanol–water partition coefficient (Wildman–Crippen LogP) is 2.20. The van der Waals surface area contributed by atoms with Crippen LogP contribution in [0.3, 0.4) is 0 Å². The van der Waals surface area contributed by atoms with Crippen LogP contribution >= 0.6 is 0 Å². The third kappa shape index (κ3) is 2.76. The highest BCUT2D eigenvalue weighted by atomic mass is 19.4. The number of likely N-dealkylation sites (tertiary alicyclic amines) is 1. The molecule has 1 aliphatic heterocycles. The van der Waals surface area contributed by atoms with Gasteiger partial charge in [0.1, 0.15) is 11.9 Å². The van der Waals surface area contributed by atoms with Crippen molar-refractivity contribution in [3.63, 3.8) is 0 Å². The molecular weight excluding hydrogens is 276 g/mol. The summed E-state index contributed by atoms with van der Waals surface area (Å²) in [6.45, 7) is -0.293. The van der Waals surface area contributed by atoms with Gasteiger partial charge in [-0.15, -0.1) is 0 Å². The summed E-state index contributed by atoms with van der Waals surface area (Å²) >= 11 is 0. The highest BCUT2D eigenvalue weighted by Gasteiger charge is 2.56. The third-order valence-electron chi connectivity index (χ3n) is 3.41. The molecule has 3 nitrogen and oxygen atoms in total. The van der Waals surface area contributed by atoms with Crippen LogP contribution in [0.4, 0.5) is 17.6 Å². The van der Waals surface area contributed by atoms with E-state index in [-0.39, 0.29) is 25.1 Å². The summed E-state index contributed by atoms with van der Waals surface area (Å²) in [5, 5.41) is 18.2. The highest BCUT2D eigenvalue weighted by Crippen LogP contribution is 2.38. The molecule has 0 aromatic heterocycles. The molecule has 0 spiro atoms. The van der Waals surface area contributed by atoms with Crippen molar-refractivity contribution >= 4 is 0 Å². The van der Waals surface area contributed by atoms with E-state index in [9.17, 15) is 22.7 Å². The van der Waals surface area contributed by atoms with Crippen molar-refractivity contribution in [1.82, 2.24) is 4.90 Å². The van der Waals surface area contributed by atoms with Gasteiger partial charge < -0.3 is 5.11 Å². The lowest BCUT2D eigenvalue weighted by molar-refractivity contribution is -0.254. The van der Waals surface area contributed by atoms with Crippen molar-refractivity contribution in [1.29, 1.82) is 5.26 Å². The zero-order valence-corrected chi connectivity index (χ0v) is 10.4. The Morgan fingerprint density at radius 2 is 2.10 bits per heavy atom. The maximum Gasteiger partial charge on any atom is 0.418 e. The van der Waals surface area contributed by atoms with Crippen LogP contribution in [-0.2, 0) is 6.54 Å². The lowest BCUT2D eigenvalue weighted by atomic mass is 10.0. The SMILES string of the molecule is N#Cc1cc(CN2CC[C@](O)(C(F)(F)F)C2)ccc1F. The molecule has 108 valence electrons. The van der Waals surface area contributed by atoms with Crippen molar-refractivity contribution < 1.29 is 22.7 Å². The Bertz CT molecular complexity index is 552. The lowest BCUT2D eigenvalue weighted by Gasteiger charge is -2.26. The molecule has 0 amide bonds. The predicted molar refractivity (Wildman–Crippen MR) is 62.0 cm³/mol. The summed E-state index contributed by atoms with van der Waals surface area (Å²) in [5.74, 6) is -0.663. The van der Waals surface area contributed by atoms with Gasteiger partial charge >= 0.3 is 6.18 Å².